The number of anilines is 1. The van der Waals surface area contributed by atoms with Crippen molar-refractivity contribution >= 4 is 29.0 Å². The van der Waals surface area contributed by atoms with Crippen molar-refractivity contribution in [2.75, 3.05) is 12.0 Å². The van der Waals surface area contributed by atoms with E-state index < -0.39 is 11.7 Å². The number of Topliss-reactive ketones (excluding diaryl/α,β-unsaturated/α-hetero) is 1. The molecule has 0 saturated heterocycles. The molecule has 2 aliphatic heterocycles. The standard InChI is InChI=1S/C17H12N2O4/c1-23-16(21)17(22)11-7-3-4-8-12(11)18-15-14(20)10-6-2-5-9-13(10)19(15)17/h2-9,22H,1H3/t17-/m1/s1. The largest absolute Gasteiger partial charge is 0.465 e. The first kappa shape index (κ1) is 13.7. The number of hydrogen-bond acceptors (Lipinski definition) is 6. The fourth-order valence-corrected chi connectivity index (χ4v) is 3.07. The summed E-state index contributed by atoms with van der Waals surface area (Å²) in [7, 11) is 1.19. The van der Waals surface area contributed by atoms with Crippen molar-refractivity contribution in [2.45, 2.75) is 5.72 Å². The van der Waals surface area contributed by atoms with Crippen LogP contribution in [0.5, 0.6) is 0 Å². The first-order chi connectivity index (χ1) is 11.1. The fourth-order valence-electron chi connectivity index (χ4n) is 3.07. The van der Waals surface area contributed by atoms with Crippen LogP contribution in [0.2, 0.25) is 0 Å². The van der Waals surface area contributed by atoms with Crippen LogP contribution in [0, 0.1) is 0 Å². The quantitative estimate of drug-likeness (QED) is 0.812. The van der Waals surface area contributed by atoms with E-state index in [2.05, 4.69) is 4.99 Å². The zero-order valence-corrected chi connectivity index (χ0v) is 12.2. The molecule has 0 fully saturated rings. The molecule has 0 aromatic heterocycles. The van der Waals surface area contributed by atoms with E-state index in [-0.39, 0.29) is 17.2 Å². The number of hydrogen-bond donors (Lipinski definition) is 1. The van der Waals surface area contributed by atoms with Gasteiger partial charge >= 0.3 is 5.97 Å². The number of carbonyl (C=O) groups excluding carboxylic acids is 2. The molecule has 2 aliphatic rings. The summed E-state index contributed by atoms with van der Waals surface area (Å²) < 4.78 is 4.81. The van der Waals surface area contributed by atoms with Gasteiger partial charge in [-0.1, -0.05) is 30.3 Å². The van der Waals surface area contributed by atoms with Crippen LogP contribution >= 0.6 is 0 Å². The molecule has 0 saturated carbocycles. The first-order valence-electron chi connectivity index (χ1n) is 7.02. The molecule has 2 aromatic carbocycles. The topological polar surface area (TPSA) is 79.2 Å². The molecule has 0 spiro atoms. The minimum absolute atomic E-state index is 0.0119. The number of aliphatic hydroxyl groups is 1. The molecule has 6 nitrogen and oxygen atoms in total. The maximum absolute atomic E-state index is 12.6. The van der Waals surface area contributed by atoms with Gasteiger partial charge in [-0.25, -0.2) is 9.79 Å². The Labute approximate surface area is 131 Å². The Bertz CT molecular complexity index is 890. The van der Waals surface area contributed by atoms with Crippen molar-refractivity contribution in [2.24, 2.45) is 4.99 Å². The second kappa shape index (κ2) is 4.50. The van der Waals surface area contributed by atoms with Gasteiger partial charge in [-0.2, -0.15) is 0 Å². The van der Waals surface area contributed by atoms with Gasteiger partial charge in [0.25, 0.3) is 5.72 Å². The average Bonchev–Trinajstić information content (AvgIpc) is 2.88. The van der Waals surface area contributed by atoms with Crippen LogP contribution in [0.15, 0.2) is 53.5 Å². The molecule has 0 amide bonds. The number of carbonyl (C=O) groups is 2. The Balaban J connectivity index is 2.07. The average molecular weight is 308 g/mol. The monoisotopic (exact) mass is 308 g/mol. The number of ether oxygens (including phenoxy) is 1. The Hall–Kier alpha value is -2.99. The first-order valence-corrected chi connectivity index (χ1v) is 7.02. The van der Waals surface area contributed by atoms with Crippen LogP contribution < -0.4 is 4.90 Å². The zero-order chi connectivity index (χ0) is 16.2. The van der Waals surface area contributed by atoms with Gasteiger partial charge in [0.1, 0.15) is 0 Å². The molecule has 114 valence electrons. The molecule has 4 rings (SSSR count). The molecule has 6 heteroatoms. The smallest absolute Gasteiger partial charge is 0.365 e. The van der Waals surface area contributed by atoms with Crippen molar-refractivity contribution in [1.29, 1.82) is 0 Å². The molecule has 1 N–H and O–H groups in total. The Morgan fingerprint density at radius 2 is 1.87 bits per heavy atom. The Morgan fingerprint density at radius 3 is 2.65 bits per heavy atom. The lowest BCUT2D eigenvalue weighted by atomic mass is 9.96. The molecular weight excluding hydrogens is 296 g/mol. The summed E-state index contributed by atoms with van der Waals surface area (Å²) in [6.45, 7) is 0. The lowest BCUT2D eigenvalue weighted by Crippen LogP contribution is -2.56. The van der Waals surface area contributed by atoms with E-state index in [9.17, 15) is 14.7 Å². The van der Waals surface area contributed by atoms with Crippen LogP contribution in [0.25, 0.3) is 0 Å². The Morgan fingerprint density at radius 1 is 1.17 bits per heavy atom. The van der Waals surface area contributed by atoms with E-state index in [1.54, 1.807) is 48.5 Å². The number of methoxy groups -OCH3 is 1. The molecule has 0 bridgehead atoms. The van der Waals surface area contributed by atoms with Crippen LogP contribution in [-0.2, 0) is 15.3 Å². The summed E-state index contributed by atoms with van der Waals surface area (Å²) in [4.78, 5) is 30.6. The Kier molecular flexibility index (Phi) is 2.67. The number of benzene rings is 2. The third-order valence-corrected chi connectivity index (χ3v) is 4.10. The normalized spacial score (nSPS) is 21.2. The highest BCUT2D eigenvalue weighted by Gasteiger charge is 2.56. The maximum Gasteiger partial charge on any atom is 0.365 e. The maximum atomic E-state index is 12.6. The molecule has 1 atom stereocenters. The predicted octanol–water partition coefficient (Wildman–Crippen LogP) is 1.75. The van der Waals surface area contributed by atoms with Gasteiger partial charge in [0.15, 0.2) is 5.84 Å². The number of fused-ring (bicyclic) bond motifs is 4. The fraction of sp³-hybridized carbons (Fsp3) is 0.118. The van der Waals surface area contributed by atoms with Crippen LogP contribution in [0.3, 0.4) is 0 Å². The van der Waals surface area contributed by atoms with Gasteiger partial charge in [-0.15, -0.1) is 0 Å². The van der Waals surface area contributed by atoms with E-state index >= 15 is 0 Å². The highest BCUT2D eigenvalue weighted by Crippen LogP contribution is 2.45. The van der Waals surface area contributed by atoms with E-state index in [1.807, 2.05) is 0 Å². The third-order valence-electron chi connectivity index (χ3n) is 4.10. The molecule has 0 aliphatic carbocycles. The number of para-hydroxylation sites is 2. The van der Waals surface area contributed by atoms with E-state index in [1.165, 1.54) is 12.0 Å². The summed E-state index contributed by atoms with van der Waals surface area (Å²) in [6.07, 6.45) is 0. The van der Waals surface area contributed by atoms with Crippen LogP contribution in [0.1, 0.15) is 15.9 Å². The van der Waals surface area contributed by atoms with E-state index in [4.69, 9.17) is 4.74 Å². The lowest BCUT2D eigenvalue weighted by Gasteiger charge is -2.39. The highest BCUT2D eigenvalue weighted by atomic mass is 16.5. The summed E-state index contributed by atoms with van der Waals surface area (Å²) in [5.41, 5.74) is -0.669. The van der Waals surface area contributed by atoms with Crippen molar-refractivity contribution in [1.82, 2.24) is 0 Å². The van der Waals surface area contributed by atoms with Crippen molar-refractivity contribution < 1.29 is 19.4 Å². The minimum atomic E-state index is -2.13. The van der Waals surface area contributed by atoms with Gasteiger partial charge < -0.3 is 9.84 Å². The molecule has 2 heterocycles. The number of rotatable bonds is 1. The summed E-state index contributed by atoms with van der Waals surface area (Å²) in [5, 5.41) is 11.2. The van der Waals surface area contributed by atoms with Gasteiger partial charge in [-0.05, 0) is 18.2 Å². The summed E-state index contributed by atoms with van der Waals surface area (Å²) in [6, 6.07) is 13.4. The summed E-state index contributed by atoms with van der Waals surface area (Å²) >= 11 is 0. The van der Waals surface area contributed by atoms with E-state index in [0.29, 0.717) is 16.9 Å². The molecule has 0 unspecified atom stereocenters. The second-order valence-electron chi connectivity index (χ2n) is 5.30. The highest BCUT2D eigenvalue weighted by molar-refractivity contribution is 6.55. The number of esters is 1. The SMILES string of the molecule is COC(=O)[C@]1(O)c2ccccc2N=C2C(=O)c3ccccc3N21. The van der Waals surface area contributed by atoms with Gasteiger partial charge in [0.05, 0.1) is 18.5 Å². The predicted molar refractivity (Wildman–Crippen MR) is 82.7 cm³/mol. The van der Waals surface area contributed by atoms with Crippen molar-refractivity contribution in [3.63, 3.8) is 0 Å². The van der Waals surface area contributed by atoms with E-state index in [0.717, 1.165) is 0 Å². The molecule has 23 heavy (non-hydrogen) atoms. The third kappa shape index (κ3) is 1.58. The van der Waals surface area contributed by atoms with Gasteiger partial charge in [0.2, 0.25) is 5.78 Å². The van der Waals surface area contributed by atoms with Crippen LogP contribution in [-0.4, -0.2) is 29.8 Å². The van der Waals surface area contributed by atoms with Gasteiger partial charge in [-0.3, -0.25) is 9.69 Å². The van der Waals surface area contributed by atoms with Crippen molar-refractivity contribution in [3.8, 4) is 0 Å². The number of nitrogens with zero attached hydrogens (tertiary/aromatic N) is 2. The number of ketones is 1. The van der Waals surface area contributed by atoms with Gasteiger partial charge in [0, 0.05) is 11.1 Å². The minimum Gasteiger partial charge on any atom is -0.465 e. The lowest BCUT2D eigenvalue weighted by molar-refractivity contribution is -0.162. The van der Waals surface area contributed by atoms with Crippen molar-refractivity contribution in [3.05, 3.63) is 59.7 Å². The second-order valence-corrected chi connectivity index (χ2v) is 5.30. The zero-order valence-electron chi connectivity index (χ0n) is 12.2. The van der Waals surface area contributed by atoms with Crippen LogP contribution in [0.4, 0.5) is 11.4 Å². The molecule has 0 radical (unpaired) electrons. The summed E-state index contributed by atoms with van der Waals surface area (Å²) in [5.74, 6) is -1.20. The molecule has 2 aromatic rings. The number of aliphatic imine (C=N–C) groups is 1. The number of amidine groups is 1. The molecular formula is C17H12N2O4.